The normalized spacial score (nSPS) is 11.7. The van der Waals surface area contributed by atoms with Crippen molar-refractivity contribution in [3.05, 3.63) is 34.9 Å². The number of primary amides is 1. The third-order valence-corrected chi connectivity index (χ3v) is 3.13. The zero-order valence-electron chi connectivity index (χ0n) is 11.5. The van der Waals surface area contributed by atoms with Crippen molar-refractivity contribution in [3.63, 3.8) is 0 Å². The highest BCUT2D eigenvalue weighted by Crippen LogP contribution is 2.13. The molecule has 1 aromatic carbocycles. The van der Waals surface area contributed by atoms with Crippen molar-refractivity contribution in [1.29, 1.82) is 0 Å². The molecule has 0 spiro atoms. The maximum absolute atomic E-state index is 12.1. The standard InChI is InChI=1S/C14H18N2O4/c1-8-4-3-5-10(9(8)2)13(18)16-11(14(19)20)6-7-12(15)17/h3-5,11H,6-7H2,1-2H3,(H2,15,17)(H,16,18)(H,19,20)/t11-/m0/s1. The van der Waals surface area contributed by atoms with Gasteiger partial charge in [-0.1, -0.05) is 12.1 Å². The van der Waals surface area contributed by atoms with Gasteiger partial charge in [0.15, 0.2) is 0 Å². The Morgan fingerprint density at radius 2 is 1.95 bits per heavy atom. The number of aryl methyl sites for hydroxylation is 1. The average molecular weight is 278 g/mol. The number of carboxylic acids is 1. The van der Waals surface area contributed by atoms with Gasteiger partial charge in [0.1, 0.15) is 6.04 Å². The second-order valence-electron chi connectivity index (χ2n) is 4.62. The number of benzene rings is 1. The van der Waals surface area contributed by atoms with Gasteiger partial charge in [0.2, 0.25) is 5.91 Å². The van der Waals surface area contributed by atoms with Crippen molar-refractivity contribution in [1.82, 2.24) is 5.32 Å². The van der Waals surface area contributed by atoms with Gasteiger partial charge < -0.3 is 16.2 Å². The molecular formula is C14H18N2O4. The summed E-state index contributed by atoms with van der Waals surface area (Å²) < 4.78 is 0. The molecule has 20 heavy (non-hydrogen) atoms. The Morgan fingerprint density at radius 3 is 2.50 bits per heavy atom. The number of hydrogen-bond acceptors (Lipinski definition) is 3. The van der Waals surface area contributed by atoms with Gasteiger partial charge in [-0.25, -0.2) is 4.79 Å². The van der Waals surface area contributed by atoms with Gasteiger partial charge in [-0.2, -0.15) is 0 Å². The number of amides is 2. The molecule has 0 saturated heterocycles. The predicted molar refractivity (Wildman–Crippen MR) is 73.2 cm³/mol. The van der Waals surface area contributed by atoms with Gasteiger partial charge in [-0.15, -0.1) is 0 Å². The van der Waals surface area contributed by atoms with E-state index in [9.17, 15) is 14.4 Å². The zero-order valence-corrected chi connectivity index (χ0v) is 11.5. The second-order valence-corrected chi connectivity index (χ2v) is 4.62. The molecule has 1 atom stereocenters. The fraction of sp³-hybridized carbons (Fsp3) is 0.357. The minimum atomic E-state index is -1.19. The first-order valence-corrected chi connectivity index (χ1v) is 6.21. The summed E-state index contributed by atoms with van der Waals surface area (Å²) in [5.74, 6) is -2.26. The summed E-state index contributed by atoms with van der Waals surface area (Å²) in [6, 6.07) is 4.10. The fourth-order valence-electron chi connectivity index (χ4n) is 1.78. The molecule has 2 amide bonds. The van der Waals surface area contributed by atoms with E-state index in [1.54, 1.807) is 19.1 Å². The Balaban J connectivity index is 2.83. The third-order valence-electron chi connectivity index (χ3n) is 3.13. The summed E-state index contributed by atoms with van der Waals surface area (Å²) in [5.41, 5.74) is 7.15. The van der Waals surface area contributed by atoms with E-state index in [2.05, 4.69) is 5.32 Å². The van der Waals surface area contributed by atoms with Crippen LogP contribution in [0.4, 0.5) is 0 Å². The van der Waals surface area contributed by atoms with Crippen LogP contribution in [0.3, 0.4) is 0 Å². The van der Waals surface area contributed by atoms with Crippen LogP contribution in [-0.4, -0.2) is 28.9 Å². The van der Waals surface area contributed by atoms with Crippen LogP contribution in [0.15, 0.2) is 18.2 Å². The summed E-state index contributed by atoms with van der Waals surface area (Å²) in [6.45, 7) is 3.66. The Labute approximate surface area is 117 Å². The quantitative estimate of drug-likeness (QED) is 0.713. The smallest absolute Gasteiger partial charge is 0.326 e. The van der Waals surface area contributed by atoms with Crippen LogP contribution in [0.1, 0.15) is 34.3 Å². The minimum absolute atomic E-state index is 0.0265. The average Bonchev–Trinajstić information content (AvgIpc) is 2.36. The van der Waals surface area contributed by atoms with Crippen molar-refractivity contribution in [2.24, 2.45) is 5.73 Å². The van der Waals surface area contributed by atoms with Crippen LogP contribution in [-0.2, 0) is 9.59 Å². The van der Waals surface area contributed by atoms with Crippen LogP contribution >= 0.6 is 0 Å². The molecule has 6 heteroatoms. The number of aliphatic carboxylic acids is 1. The summed E-state index contributed by atoms with van der Waals surface area (Å²) in [6.07, 6.45) is -0.120. The first kappa shape index (κ1) is 15.7. The van der Waals surface area contributed by atoms with Gasteiger partial charge in [0.05, 0.1) is 0 Å². The van der Waals surface area contributed by atoms with Crippen LogP contribution in [0.25, 0.3) is 0 Å². The van der Waals surface area contributed by atoms with E-state index in [-0.39, 0.29) is 12.8 Å². The van der Waals surface area contributed by atoms with Crippen LogP contribution in [0, 0.1) is 13.8 Å². The molecule has 6 nitrogen and oxygen atoms in total. The molecule has 4 N–H and O–H groups in total. The summed E-state index contributed by atoms with van der Waals surface area (Å²) in [4.78, 5) is 33.8. The maximum atomic E-state index is 12.1. The number of nitrogens with one attached hydrogen (secondary N) is 1. The van der Waals surface area contributed by atoms with Crippen molar-refractivity contribution in [2.45, 2.75) is 32.7 Å². The van der Waals surface area contributed by atoms with E-state index in [1.165, 1.54) is 0 Å². The van der Waals surface area contributed by atoms with Crippen LogP contribution < -0.4 is 11.1 Å². The lowest BCUT2D eigenvalue weighted by atomic mass is 10.0. The summed E-state index contributed by atoms with van der Waals surface area (Å²) in [5, 5.41) is 11.4. The van der Waals surface area contributed by atoms with E-state index >= 15 is 0 Å². The van der Waals surface area contributed by atoms with Crippen molar-refractivity contribution in [2.75, 3.05) is 0 Å². The number of hydrogen-bond donors (Lipinski definition) is 3. The largest absolute Gasteiger partial charge is 0.480 e. The number of nitrogens with two attached hydrogens (primary N) is 1. The van der Waals surface area contributed by atoms with Gasteiger partial charge in [-0.3, -0.25) is 9.59 Å². The summed E-state index contributed by atoms with van der Waals surface area (Å²) in [7, 11) is 0. The number of rotatable bonds is 6. The van der Waals surface area contributed by atoms with E-state index in [1.807, 2.05) is 13.0 Å². The molecule has 0 heterocycles. The molecular weight excluding hydrogens is 260 g/mol. The van der Waals surface area contributed by atoms with Crippen LogP contribution in [0.2, 0.25) is 0 Å². The molecule has 1 aromatic rings. The summed E-state index contributed by atoms with van der Waals surface area (Å²) >= 11 is 0. The van der Waals surface area contributed by atoms with Crippen molar-refractivity contribution in [3.8, 4) is 0 Å². The molecule has 108 valence electrons. The Hall–Kier alpha value is -2.37. The van der Waals surface area contributed by atoms with Gasteiger partial charge in [0, 0.05) is 12.0 Å². The first-order valence-electron chi connectivity index (χ1n) is 6.21. The van der Waals surface area contributed by atoms with Gasteiger partial charge >= 0.3 is 5.97 Å². The van der Waals surface area contributed by atoms with Crippen LogP contribution in [0.5, 0.6) is 0 Å². The molecule has 0 fully saturated rings. The lowest BCUT2D eigenvalue weighted by Crippen LogP contribution is -2.41. The SMILES string of the molecule is Cc1cccc(C(=O)N[C@@H](CCC(N)=O)C(=O)O)c1C. The minimum Gasteiger partial charge on any atom is -0.480 e. The highest BCUT2D eigenvalue weighted by atomic mass is 16.4. The fourth-order valence-corrected chi connectivity index (χ4v) is 1.78. The number of carbonyl (C=O) groups is 3. The third kappa shape index (κ3) is 4.08. The Morgan fingerprint density at radius 1 is 1.30 bits per heavy atom. The molecule has 0 bridgehead atoms. The molecule has 0 aliphatic carbocycles. The molecule has 0 aliphatic rings. The second kappa shape index (κ2) is 6.70. The molecule has 0 aromatic heterocycles. The predicted octanol–water partition coefficient (Wildman–Crippen LogP) is 0.752. The maximum Gasteiger partial charge on any atom is 0.326 e. The Bertz CT molecular complexity index is 540. The first-order chi connectivity index (χ1) is 9.32. The molecule has 0 radical (unpaired) electrons. The zero-order chi connectivity index (χ0) is 15.3. The van der Waals surface area contributed by atoms with Gasteiger partial charge in [0.25, 0.3) is 5.91 Å². The molecule has 1 rings (SSSR count). The van der Waals surface area contributed by atoms with E-state index < -0.39 is 23.8 Å². The van der Waals surface area contributed by atoms with E-state index in [0.29, 0.717) is 5.56 Å². The van der Waals surface area contributed by atoms with E-state index in [0.717, 1.165) is 11.1 Å². The Kier molecular flexibility index (Phi) is 5.25. The van der Waals surface area contributed by atoms with Gasteiger partial charge in [-0.05, 0) is 37.5 Å². The lowest BCUT2D eigenvalue weighted by Gasteiger charge is -2.15. The number of carbonyl (C=O) groups excluding carboxylic acids is 2. The molecule has 0 unspecified atom stereocenters. The lowest BCUT2D eigenvalue weighted by molar-refractivity contribution is -0.139. The van der Waals surface area contributed by atoms with Crippen molar-refractivity contribution < 1.29 is 19.5 Å². The van der Waals surface area contributed by atoms with E-state index in [4.69, 9.17) is 10.8 Å². The van der Waals surface area contributed by atoms with Crippen molar-refractivity contribution >= 4 is 17.8 Å². The molecule has 0 aliphatic heterocycles. The topological polar surface area (TPSA) is 109 Å². The highest BCUT2D eigenvalue weighted by Gasteiger charge is 2.22. The molecule has 0 saturated carbocycles. The number of carboxylic acid groups (broad SMARTS) is 1. The highest BCUT2D eigenvalue weighted by molar-refractivity contribution is 5.98. The monoisotopic (exact) mass is 278 g/mol.